The van der Waals surface area contributed by atoms with Gasteiger partial charge in [-0.3, -0.25) is 4.99 Å². The molecule has 0 radical (unpaired) electrons. The van der Waals surface area contributed by atoms with Crippen LogP contribution in [0.1, 0.15) is 81.8 Å². The number of benzene rings is 2. The number of hydrogen-bond acceptors (Lipinski definition) is 2. The lowest BCUT2D eigenvalue weighted by Crippen LogP contribution is -2.13. The zero-order valence-electron chi connectivity index (χ0n) is 19.3. The first-order chi connectivity index (χ1) is 15.2. The Balaban J connectivity index is 1.72. The first-order valence-corrected chi connectivity index (χ1v) is 12.3. The summed E-state index contributed by atoms with van der Waals surface area (Å²) in [5.41, 5.74) is 4.55. The molecule has 2 aromatic carbocycles. The van der Waals surface area contributed by atoms with Crippen molar-refractivity contribution in [3.8, 4) is 11.3 Å². The Morgan fingerprint density at radius 3 is 1.90 bits per heavy atom. The maximum Gasteiger partial charge on any atom is 0.136 e. The lowest BCUT2D eigenvalue weighted by Gasteiger charge is -2.14. The molecule has 0 aliphatic heterocycles. The van der Waals surface area contributed by atoms with Gasteiger partial charge in [0.15, 0.2) is 0 Å². The van der Waals surface area contributed by atoms with Crippen LogP contribution < -0.4 is 5.36 Å². The van der Waals surface area contributed by atoms with Crippen LogP contribution >= 0.6 is 0 Å². The van der Waals surface area contributed by atoms with Gasteiger partial charge in [-0.25, -0.2) is 0 Å². The molecule has 0 saturated heterocycles. The van der Waals surface area contributed by atoms with Crippen molar-refractivity contribution in [3.63, 3.8) is 0 Å². The largest absolute Gasteiger partial charge is 0.456 e. The highest BCUT2D eigenvalue weighted by Gasteiger charge is 2.11. The molecule has 0 spiro atoms. The molecule has 2 nitrogen and oxygen atoms in total. The molecule has 31 heavy (non-hydrogen) atoms. The van der Waals surface area contributed by atoms with Crippen molar-refractivity contribution in [2.75, 3.05) is 0 Å². The third kappa shape index (κ3) is 6.09. The monoisotopic (exact) mass is 415 g/mol. The molecule has 4 rings (SSSR count). The van der Waals surface area contributed by atoms with Crippen molar-refractivity contribution in [2.24, 2.45) is 4.99 Å². The highest BCUT2D eigenvalue weighted by Crippen LogP contribution is 2.24. The summed E-state index contributed by atoms with van der Waals surface area (Å²) in [7, 11) is 0. The maximum atomic E-state index is 6.32. The van der Waals surface area contributed by atoms with E-state index in [1.54, 1.807) is 0 Å². The van der Waals surface area contributed by atoms with Gasteiger partial charge in [0.25, 0.3) is 0 Å². The van der Waals surface area contributed by atoms with Crippen molar-refractivity contribution in [1.82, 2.24) is 0 Å². The molecule has 0 unspecified atom stereocenters. The molecule has 1 aliphatic carbocycles. The Bertz CT molecular complexity index is 1030. The van der Waals surface area contributed by atoms with Crippen LogP contribution in [-0.4, -0.2) is 6.04 Å². The van der Waals surface area contributed by atoms with Gasteiger partial charge in [-0.1, -0.05) is 99.2 Å². The normalized spacial score (nSPS) is 17.9. The van der Waals surface area contributed by atoms with Crippen molar-refractivity contribution >= 4 is 11.0 Å². The van der Waals surface area contributed by atoms with Crippen LogP contribution in [0.4, 0.5) is 0 Å². The zero-order valence-corrected chi connectivity index (χ0v) is 19.3. The highest BCUT2D eigenvalue weighted by molar-refractivity contribution is 5.79. The van der Waals surface area contributed by atoms with Crippen LogP contribution in [0.15, 0.2) is 57.9 Å². The predicted molar refractivity (Wildman–Crippen MR) is 131 cm³/mol. The predicted octanol–water partition coefficient (Wildman–Crippen LogP) is 8.29. The fourth-order valence-corrected chi connectivity index (χ4v) is 4.72. The van der Waals surface area contributed by atoms with Crippen LogP contribution in [0.25, 0.3) is 22.3 Å². The van der Waals surface area contributed by atoms with Gasteiger partial charge in [-0.05, 0) is 38.8 Å². The minimum Gasteiger partial charge on any atom is -0.456 e. The van der Waals surface area contributed by atoms with E-state index in [1.165, 1.54) is 81.8 Å². The SMILES string of the molecule is Cc1ccc(-c2cc(=NC3CCCCCCCCCCC3)c3cc(C)ccc3o2)cc1. The number of fused-ring (bicyclic) bond motifs is 1. The summed E-state index contributed by atoms with van der Waals surface area (Å²) in [5.74, 6) is 0.906. The Labute approximate surface area is 187 Å². The molecule has 1 heterocycles. The lowest BCUT2D eigenvalue weighted by atomic mass is 9.98. The summed E-state index contributed by atoms with van der Waals surface area (Å²) in [6.07, 6.45) is 14.7. The fraction of sp³-hybridized carbons (Fsp3) is 0.483. The van der Waals surface area contributed by atoms with E-state index in [-0.39, 0.29) is 0 Å². The second-order valence-corrected chi connectivity index (χ2v) is 9.40. The van der Waals surface area contributed by atoms with E-state index in [2.05, 4.69) is 62.4 Å². The molecule has 164 valence electrons. The number of aryl methyl sites for hydroxylation is 2. The molecule has 0 amide bonds. The summed E-state index contributed by atoms with van der Waals surface area (Å²) >= 11 is 0. The van der Waals surface area contributed by atoms with Gasteiger partial charge in [0.1, 0.15) is 11.3 Å². The molecule has 3 aromatic rings. The Kier molecular flexibility index (Phi) is 7.61. The summed E-state index contributed by atoms with van der Waals surface area (Å²) < 4.78 is 6.32. The van der Waals surface area contributed by atoms with Gasteiger partial charge >= 0.3 is 0 Å². The van der Waals surface area contributed by atoms with Crippen molar-refractivity contribution in [1.29, 1.82) is 0 Å². The van der Waals surface area contributed by atoms with Crippen LogP contribution in [-0.2, 0) is 0 Å². The van der Waals surface area contributed by atoms with Crippen LogP contribution in [0.5, 0.6) is 0 Å². The Hall–Kier alpha value is -2.35. The summed E-state index contributed by atoms with van der Waals surface area (Å²) in [5, 5.41) is 2.24. The van der Waals surface area contributed by atoms with Crippen molar-refractivity contribution < 1.29 is 4.42 Å². The third-order valence-corrected chi connectivity index (χ3v) is 6.63. The fourth-order valence-electron chi connectivity index (χ4n) is 4.72. The minimum absolute atomic E-state index is 0.413. The summed E-state index contributed by atoms with van der Waals surface area (Å²) in [6, 6.07) is 17.6. The van der Waals surface area contributed by atoms with Crippen molar-refractivity contribution in [3.05, 3.63) is 65.0 Å². The second kappa shape index (κ2) is 10.8. The van der Waals surface area contributed by atoms with Gasteiger partial charge in [-0.2, -0.15) is 0 Å². The van der Waals surface area contributed by atoms with E-state index in [9.17, 15) is 0 Å². The standard InChI is InChI=1S/C29H37NO/c1-22-14-17-24(18-15-22)29-21-27(26-20-23(2)16-19-28(26)31-29)30-25-12-10-8-6-4-3-5-7-9-11-13-25/h14-21,25H,3-13H2,1-2H3. The van der Waals surface area contributed by atoms with Gasteiger partial charge in [0.05, 0.1) is 11.4 Å². The molecule has 2 heteroatoms. The zero-order chi connectivity index (χ0) is 21.5. The van der Waals surface area contributed by atoms with Gasteiger partial charge in [-0.15, -0.1) is 0 Å². The molecule has 0 bridgehead atoms. The molecular formula is C29H37NO. The number of nitrogens with zero attached hydrogens (tertiary/aromatic N) is 1. The lowest BCUT2D eigenvalue weighted by molar-refractivity contribution is 0.462. The van der Waals surface area contributed by atoms with E-state index in [0.29, 0.717) is 6.04 Å². The first-order valence-electron chi connectivity index (χ1n) is 12.3. The minimum atomic E-state index is 0.413. The van der Waals surface area contributed by atoms with Gasteiger partial charge < -0.3 is 4.42 Å². The van der Waals surface area contributed by atoms with E-state index in [4.69, 9.17) is 9.41 Å². The van der Waals surface area contributed by atoms with Crippen LogP contribution in [0, 0.1) is 13.8 Å². The quantitative estimate of drug-likeness (QED) is 0.413. The van der Waals surface area contributed by atoms with E-state index in [0.717, 1.165) is 27.7 Å². The third-order valence-electron chi connectivity index (χ3n) is 6.63. The van der Waals surface area contributed by atoms with E-state index in [1.807, 2.05) is 0 Å². The Morgan fingerprint density at radius 1 is 0.677 bits per heavy atom. The van der Waals surface area contributed by atoms with Crippen LogP contribution in [0.3, 0.4) is 0 Å². The van der Waals surface area contributed by atoms with Gasteiger partial charge in [0, 0.05) is 17.0 Å². The molecule has 1 aromatic heterocycles. The second-order valence-electron chi connectivity index (χ2n) is 9.40. The number of rotatable bonds is 2. The topological polar surface area (TPSA) is 25.5 Å². The van der Waals surface area contributed by atoms with E-state index >= 15 is 0 Å². The Morgan fingerprint density at radius 2 is 1.26 bits per heavy atom. The van der Waals surface area contributed by atoms with Crippen LogP contribution in [0.2, 0.25) is 0 Å². The maximum absolute atomic E-state index is 6.32. The van der Waals surface area contributed by atoms with E-state index < -0.39 is 0 Å². The number of hydrogen-bond donors (Lipinski definition) is 0. The average molecular weight is 416 g/mol. The molecule has 1 aliphatic rings. The summed E-state index contributed by atoms with van der Waals surface area (Å²) in [4.78, 5) is 5.36. The molecule has 0 atom stereocenters. The smallest absolute Gasteiger partial charge is 0.136 e. The molecule has 0 N–H and O–H groups in total. The van der Waals surface area contributed by atoms with Gasteiger partial charge in [0.2, 0.25) is 0 Å². The molecule has 1 saturated carbocycles. The first kappa shape index (κ1) is 21.9. The van der Waals surface area contributed by atoms with Crippen molar-refractivity contribution in [2.45, 2.75) is 90.5 Å². The summed E-state index contributed by atoms with van der Waals surface area (Å²) in [6.45, 7) is 4.27. The molecular weight excluding hydrogens is 378 g/mol. The average Bonchev–Trinajstić information content (AvgIpc) is 2.76. The highest BCUT2D eigenvalue weighted by atomic mass is 16.3. The molecule has 1 fully saturated rings.